The van der Waals surface area contributed by atoms with Crippen molar-refractivity contribution in [2.75, 3.05) is 13.7 Å². The first kappa shape index (κ1) is 19.8. The molecule has 2 aromatic carbocycles. The molecule has 1 aromatic heterocycles. The standard InChI is InChI=1S/C21H22N2O4S/c1-5-27-18(24)12-23-17-10-13(2)9-14(3)19(17)28-21(23)22-20(25)15-7-6-8-16(11-15)26-4/h6-11H,5,12H2,1-4H3. The second-order valence-electron chi connectivity index (χ2n) is 6.35. The molecule has 0 aliphatic heterocycles. The van der Waals surface area contributed by atoms with Crippen LogP contribution in [0.4, 0.5) is 0 Å². The number of fused-ring (bicyclic) bond motifs is 1. The number of hydrogen-bond donors (Lipinski definition) is 0. The molecular weight excluding hydrogens is 376 g/mol. The van der Waals surface area contributed by atoms with Gasteiger partial charge >= 0.3 is 5.97 Å². The molecule has 0 N–H and O–H groups in total. The van der Waals surface area contributed by atoms with E-state index in [0.29, 0.717) is 22.7 Å². The Morgan fingerprint density at radius 1 is 1.18 bits per heavy atom. The minimum Gasteiger partial charge on any atom is -0.497 e. The van der Waals surface area contributed by atoms with Crippen LogP contribution in [0, 0.1) is 13.8 Å². The van der Waals surface area contributed by atoms with Crippen molar-refractivity contribution in [2.45, 2.75) is 27.3 Å². The Morgan fingerprint density at radius 2 is 1.96 bits per heavy atom. The van der Waals surface area contributed by atoms with Gasteiger partial charge in [-0.3, -0.25) is 9.59 Å². The number of aryl methyl sites for hydroxylation is 2. The van der Waals surface area contributed by atoms with Gasteiger partial charge in [0.05, 0.1) is 23.9 Å². The maximum absolute atomic E-state index is 12.7. The lowest BCUT2D eigenvalue weighted by atomic mass is 10.1. The lowest BCUT2D eigenvalue weighted by Crippen LogP contribution is -2.23. The van der Waals surface area contributed by atoms with Gasteiger partial charge in [-0.2, -0.15) is 4.99 Å². The molecule has 0 radical (unpaired) electrons. The molecule has 0 spiro atoms. The van der Waals surface area contributed by atoms with Crippen LogP contribution in [-0.4, -0.2) is 30.2 Å². The van der Waals surface area contributed by atoms with Crippen LogP contribution in [0.2, 0.25) is 0 Å². The largest absolute Gasteiger partial charge is 0.497 e. The summed E-state index contributed by atoms with van der Waals surface area (Å²) in [5.41, 5.74) is 3.44. The Hall–Kier alpha value is -2.93. The van der Waals surface area contributed by atoms with Crippen LogP contribution < -0.4 is 9.54 Å². The van der Waals surface area contributed by atoms with Crippen molar-refractivity contribution < 1.29 is 19.1 Å². The van der Waals surface area contributed by atoms with Crippen LogP contribution in [0.25, 0.3) is 10.2 Å². The first-order chi connectivity index (χ1) is 13.4. The molecule has 0 fully saturated rings. The van der Waals surface area contributed by atoms with E-state index in [-0.39, 0.29) is 12.5 Å². The molecule has 0 bridgehead atoms. The Labute approximate surface area is 167 Å². The third kappa shape index (κ3) is 4.14. The number of amides is 1. The maximum atomic E-state index is 12.7. The van der Waals surface area contributed by atoms with Gasteiger partial charge in [0, 0.05) is 5.56 Å². The molecule has 28 heavy (non-hydrogen) atoms. The Bertz CT molecular complexity index is 1110. The topological polar surface area (TPSA) is 69.9 Å². The van der Waals surface area contributed by atoms with Crippen molar-refractivity contribution in [3.05, 3.63) is 57.9 Å². The SMILES string of the molecule is CCOC(=O)Cn1c(=NC(=O)c2cccc(OC)c2)sc2c(C)cc(C)cc21. The molecule has 3 rings (SSSR count). The highest BCUT2D eigenvalue weighted by molar-refractivity contribution is 7.16. The molecule has 3 aromatic rings. The van der Waals surface area contributed by atoms with E-state index in [0.717, 1.165) is 21.3 Å². The van der Waals surface area contributed by atoms with Crippen LogP contribution in [0.3, 0.4) is 0 Å². The number of methoxy groups -OCH3 is 1. The summed E-state index contributed by atoms with van der Waals surface area (Å²) in [5.74, 6) is -0.169. The molecule has 0 saturated heterocycles. The van der Waals surface area contributed by atoms with E-state index in [1.54, 1.807) is 42.9 Å². The van der Waals surface area contributed by atoms with E-state index in [1.807, 2.05) is 19.9 Å². The lowest BCUT2D eigenvalue weighted by molar-refractivity contribution is -0.143. The predicted molar refractivity (Wildman–Crippen MR) is 109 cm³/mol. The number of nitrogens with zero attached hydrogens (tertiary/aromatic N) is 2. The molecule has 0 saturated carbocycles. The quantitative estimate of drug-likeness (QED) is 0.616. The first-order valence-electron chi connectivity index (χ1n) is 8.92. The average Bonchev–Trinajstić information content (AvgIpc) is 2.99. The Balaban J connectivity index is 2.15. The second kappa shape index (κ2) is 8.39. The molecule has 6 nitrogen and oxygen atoms in total. The second-order valence-corrected chi connectivity index (χ2v) is 7.33. The fourth-order valence-corrected chi connectivity index (χ4v) is 4.07. The number of esters is 1. The minimum absolute atomic E-state index is 0.000950. The number of ether oxygens (including phenoxy) is 2. The normalized spacial score (nSPS) is 11.6. The van der Waals surface area contributed by atoms with Crippen molar-refractivity contribution in [3.63, 3.8) is 0 Å². The van der Waals surface area contributed by atoms with Gasteiger partial charge in [-0.05, 0) is 56.2 Å². The number of benzene rings is 2. The van der Waals surface area contributed by atoms with Gasteiger partial charge in [0.25, 0.3) is 5.91 Å². The smallest absolute Gasteiger partial charge is 0.326 e. The van der Waals surface area contributed by atoms with Gasteiger partial charge in [-0.15, -0.1) is 0 Å². The first-order valence-corrected chi connectivity index (χ1v) is 9.74. The van der Waals surface area contributed by atoms with E-state index in [4.69, 9.17) is 9.47 Å². The molecule has 0 unspecified atom stereocenters. The van der Waals surface area contributed by atoms with Crippen LogP contribution in [0.5, 0.6) is 5.75 Å². The third-order valence-corrected chi connectivity index (χ3v) is 5.45. The van der Waals surface area contributed by atoms with E-state index < -0.39 is 5.91 Å². The van der Waals surface area contributed by atoms with Gasteiger partial charge < -0.3 is 14.0 Å². The fraction of sp³-hybridized carbons (Fsp3) is 0.286. The summed E-state index contributed by atoms with van der Waals surface area (Å²) in [4.78, 5) is 29.6. The van der Waals surface area contributed by atoms with Crippen molar-refractivity contribution >= 4 is 33.4 Å². The third-order valence-electron chi connectivity index (χ3n) is 4.22. The van der Waals surface area contributed by atoms with E-state index in [1.165, 1.54) is 11.3 Å². The summed E-state index contributed by atoms with van der Waals surface area (Å²) in [6.07, 6.45) is 0. The molecule has 0 aliphatic rings. The summed E-state index contributed by atoms with van der Waals surface area (Å²) in [6, 6.07) is 10.9. The highest BCUT2D eigenvalue weighted by Gasteiger charge is 2.15. The maximum Gasteiger partial charge on any atom is 0.326 e. The number of hydrogen-bond acceptors (Lipinski definition) is 5. The molecule has 1 heterocycles. The molecule has 0 aliphatic carbocycles. The minimum atomic E-state index is -0.391. The molecule has 1 amide bonds. The van der Waals surface area contributed by atoms with Gasteiger partial charge in [0.15, 0.2) is 4.80 Å². The van der Waals surface area contributed by atoms with Crippen molar-refractivity contribution in [1.82, 2.24) is 4.57 Å². The summed E-state index contributed by atoms with van der Waals surface area (Å²) in [5, 5.41) is 0. The summed E-state index contributed by atoms with van der Waals surface area (Å²) in [6.45, 7) is 6.07. The Kier molecular flexibility index (Phi) is 5.94. The van der Waals surface area contributed by atoms with Gasteiger partial charge in [0.1, 0.15) is 12.3 Å². The highest BCUT2D eigenvalue weighted by Crippen LogP contribution is 2.24. The van der Waals surface area contributed by atoms with Gasteiger partial charge in [-0.1, -0.05) is 23.5 Å². The highest BCUT2D eigenvalue weighted by atomic mass is 32.1. The lowest BCUT2D eigenvalue weighted by Gasteiger charge is -2.06. The number of carbonyl (C=O) groups excluding carboxylic acids is 2. The van der Waals surface area contributed by atoms with E-state index in [2.05, 4.69) is 11.1 Å². The molecule has 7 heteroatoms. The number of thiazole rings is 1. The van der Waals surface area contributed by atoms with Crippen LogP contribution >= 0.6 is 11.3 Å². The van der Waals surface area contributed by atoms with Crippen molar-refractivity contribution in [2.24, 2.45) is 4.99 Å². The Morgan fingerprint density at radius 3 is 2.68 bits per heavy atom. The zero-order valence-corrected chi connectivity index (χ0v) is 17.1. The van der Waals surface area contributed by atoms with E-state index >= 15 is 0 Å². The van der Waals surface area contributed by atoms with Crippen LogP contribution in [0.15, 0.2) is 41.4 Å². The van der Waals surface area contributed by atoms with E-state index in [9.17, 15) is 9.59 Å². The number of aromatic nitrogens is 1. The van der Waals surface area contributed by atoms with Crippen molar-refractivity contribution in [1.29, 1.82) is 0 Å². The zero-order valence-electron chi connectivity index (χ0n) is 16.3. The zero-order chi connectivity index (χ0) is 20.3. The summed E-state index contributed by atoms with van der Waals surface area (Å²) in [7, 11) is 1.55. The fourth-order valence-electron chi connectivity index (χ4n) is 2.99. The number of carbonyl (C=O) groups is 2. The average molecular weight is 398 g/mol. The number of rotatable bonds is 5. The van der Waals surface area contributed by atoms with Crippen molar-refractivity contribution in [3.8, 4) is 5.75 Å². The monoisotopic (exact) mass is 398 g/mol. The summed E-state index contributed by atoms with van der Waals surface area (Å²) < 4.78 is 13.0. The molecule has 0 atom stereocenters. The predicted octanol–water partition coefficient (Wildman–Crippen LogP) is 3.63. The van der Waals surface area contributed by atoms with Gasteiger partial charge in [0.2, 0.25) is 0 Å². The summed E-state index contributed by atoms with van der Waals surface area (Å²) >= 11 is 1.39. The van der Waals surface area contributed by atoms with Crippen LogP contribution in [0.1, 0.15) is 28.4 Å². The molecular formula is C21H22N2O4S. The van der Waals surface area contributed by atoms with Gasteiger partial charge in [-0.25, -0.2) is 0 Å². The molecule has 146 valence electrons. The van der Waals surface area contributed by atoms with Crippen LogP contribution in [-0.2, 0) is 16.1 Å².